The van der Waals surface area contributed by atoms with E-state index in [2.05, 4.69) is 4.74 Å². The molecule has 1 rings (SSSR count). The molecule has 7 heteroatoms. The molecule has 0 amide bonds. The van der Waals surface area contributed by atoms with Crippen LogP contribution in [0.5, 0.6) is 0 Å². The fraction of sp³-hybridized carbons (Fsp3) is 0.125. The van der Waals surface area contributed by atoms with E-state index in [1.54, 1.807) is 12.1 Å². The Morgan fingerprint density at radius 2 is 1.73 bits per heavy atom. The van der Waals surface area contributed by atoms with Gasteiger partial charge in [0.2, 0.25) is 0 Å². The van der Waals surface area contributed by atoms with Crippen LogP contribution < -0.4 is 11.1 Å². The van der Waals surface area contributed by atoms with Crippen LogP contribution in [0.1, 0.15) is 0 Å². The second kappa shape index (κ2) is 9.48. The van der Waals surface area contributed by atoms with Gasteiger partial charge in [-0.2, -0.15) is 0 Å². The number of benzene rings is 1. The molecule has 0 unspecified atom stereocenters. The highest BCUT2D eigenvalue weighted by atomic mass is 35.5. The molecule has 5 nitrogen and oxygen atoms in total. The van der Waals surface area contributed by atoms with Crippen molar-refractivity contribution in [3.63, 3.8) is 0 Å². The van der Waals surface area contributed by atoms with Crippen molar-refractivity contribution >= 4 is 30.6 Å². The van der Waals surface area contributed by atoms with Crippen LogP contribution in [0, 0.1) is 0 Å². The van der Waals surface area contributed by atoms with Crippen LogP contribution in [-0.2, 0) is 4.74 Å². The quantitative estimate of drug-likeness (QED) is 0.660. The standard InChI is InChI=1S/C8H10BNO2.ClH.2H2O/c1-12-8(11)9(10)7-5-3-2-4-6-7;;;/h2-6H,10H2,1H3;1H;2*1H2. The van der Waals surface area contributed by atoms with Gasteiger partial charge in [-0.15, -0.1) is 12.4 Å². The van der Waals surface area contributed by atoms with Crippen molar-refractivity contribution in [2.75, 3.05) is 7.11 Å². The maximum atomic E-state index is 11.0. The van der Waals surface area contributed by atoms with Crippen molar-refractivity contribution < 1.29 is 20.5 Å². The Morgan fingerprint density at radius 1 is 1.27 bits per heavy atom. The maximum absolute atomic E-state index is 11.0. The summed E-state index contributed by atoms with van der Waals surface area (Å²) in [6, 6.07) is 9.12. The van der Waals surface area contributed by atoms with E-state index in [0.29, 0.717) is 0 Å². The molecule has 0 saturated carbocycles. The molecule has 0 atom stereocenters. The number of hydrogen-bond acceptors (Lipinski definition) is 3. The number of methoxy groups -OCH3 is 1. The summed E-state index contributed by atoms with van der Waals surface area (Å²) in [6.07, 6.45) is 0. The first kappa shape index (κ1) is 19.5. The average Bonchev–Trinajstić information content (AvgIpc) is 2.17. The van der Waals surface area contributed by atoms with Gasteiger partial charge < -0.3 is 21.3 Å². The van der Waals surface area contributed by atoms with Gasteiger partial charge in [-0.25, -0.2) is 0 Å². The Morgan fingerprint density at radius 3 is 2.13 bits per heavy atom. The monoisotopic (exact) mass is 235 g/mol. The van der Waals surface area contributed by atoms with Gasteiger partial charge in [0.25, 0.3) is 5.87 Å². The third-order valence-electron chi connectivity index (χ3n) is 1.61. The average molecular weight is 235 g/mol. The van der Waals surface area contributed by atoms with Crippen molar-refractivity contribution in [3.8, 4) is 0 Å². The largest absolute Gasteiger partial charge is 0.475 e. The van der Waals surface area contributed by atoms with E-state index in [9.17, 15) is 4.79 Å². The fourth-order valence-corrected chi connectivity index (χ4v) is 0.923. The minimum atomic E-state index is -0.670. The summed E-state index contributed by atoms with van der Waals surface area (Å²) in [5, 5.41) is 0. The predicted molar refractivity (Wildman–Crippen MR) is 62.9 cm³/mol. The van der Waals surface area contributed by atoms with E-state index in [-0.39, 0.29) is 23.4 Å². The summed E-state index contributed by atoms with van der Waals surface area (Å²) in [5.74, 6) is -0.416. The molecule has 0 aromatic heterocycles. The van der Waals surface area contributed by atoms with Crippen LogP contribution in [0.4, 0.5) is 4.79 Å². The Bertz CT molecular complexity index is 273. The Kier molecular flexibility index (Phi) is 12.3. The van der Waals surface area contributed by atoms with Gasteiger partial charge in [0.1, 0.15) is 0 Å². The van der Waals surface area contributed by atoms with E-state index in [1.165, 1.54) is 7.11 Å². The Balaban J connectivity index is -0.000000480. The molecule has 0 radical (unpaired) electrons. The highest BCUT2D eigenvalue weighted by molar-refractivity contribution is 6.96. The highest BCUT2D eigenvalue weighted by Crippen LogP contribution is 1.87. The zero-order valence-corrected chi connectivity index (χ0v) is 9.08. The second-order valence-corrected chi connectivity index (χ2v) is 2.41. The smallest absolute Gasteiger partial charge is 0.386 e. The van der Waals surface area contributed by atoms with Crippen LogP contribution in [0.3, 0.4) is 0 Å². The van der Waals surface area contributed by atoms with Gasteiger partial charge in [-0.1, -0.05) is 35.8 Å². The lowest BCUT2D eigenvalue weighted by molar-refractivity contribution is 0.197. The summed E-state index contributed by atoms with van der Waals surface area (Å²) in [4.78, 5) is 11.0. The van der Waals surface area contributed by atoms with E-state index in [0.717, 1.165) is 5.46 Å². The van der Waals surface area contributed by atoms with Crippen LogP contribution in [0.2, 0.25) is 0 Å². The first-order valence-electron chi connectivity index (χ1n) is 3.64. The predicted octanol–water partition coefficient (Wildman–Crippen LogP) is -1.04. The fourth-order valence-electron chi connectivity index (χ4n) is 0.923. The third-order valence-corrected chi connectivity index (χ3v) is 1.61. The van der Waals surface area contributed by atoms with Gasteiger partial charge in [-0.05, 0) is 0 Å². The lowest BCUT2D eigenvalue weighted by Gasteiger charge is -2.04. The molecule has 0 bridgehead atoms. The van der Waals surface area contributed by atoms with Gasteiger partial charge in [0, 0.05) is 0 Å². The number of rotatable bonds is 2. The Labute approximate surface area is 94.7 Å². The van der Waals surface area contributed by atoms with Gasteiger partial charge in [0.05, 0.1) is 7.11 Å². The van der Waals surface area contributed by atoms with Crippen LogP contribution >= 0.6 is 12.4 Å². The first-order chi connectivity index (χ1) is 5.75. The summed E-state index contributed by atoms with van der Waals surface area (Å²) >= 11 is 0. The van der Waals surface area contributed by atoms with Crippen molar-refractivity contribution in [2.45, 2.75) is 0 Å². The van der Waals surface area contributed by atoms with Crippen molar-refractivity contribution in [2.24, 2.45) is 5.64 Å². The molecule has 0 aliphatic heterocycles. The summed E-state index contributed by atoms with van der Waals surface area (Å²) < 4.78 is 4.50. The molecule has 0 heterocycles. The number of nitrogens with two attached hydrogens (primary N) is 1. The summed E-state index contributed by atoms with van der Waals surface area (Å²) in [5.41, 5.74) is 6.34. The minimum absolute atomic E-state index is 0. The number of hydrogen-bond donors (Lipinski definition) is 1. The van der Waals surface area contributed by atoms with Gasteiger partial charge in [-0.3, -0.25) is 4.79 Å². The molecule has 1 aromatic carbocycles. The zero-order chi connectivity index (χ0) is 8.97. The maximum Gasteiger partial charge on any atom is 0.386 e. The Hall–Kier alpha value is -1.08. The van der Waals surface area contributed by atoms with Crippen molar-refractivity contribution in [1.82, 2.24) is 0 Å². The molecule has 0 spiro atoms. The molecular formula is C8H15BClNO4. The van der Waals surface area contributed by atoms with Gasteiger partial charge >= 0.3 is 6.85 Å². The van der Waals surface area contributed by atoms with E-state index in [4.69, 9.17) is 5.64 Å². The highest BCUT2D eigenvalue weighted by Gasteiger charge is 2.21. The second-order valence-electron chi connectivity index (χ2n) is 2.41. The lowest BCUT2D eigenvalue weighted by atomic mass is 9.57. The van der Waals surface area contributed by atoms with E-state index in [1.807, 2.05) is 18.2 Å². The molecule has 1 aromatic rings. The van der Waals surface area contributed by atoms with E-state index >= 15 is 0 Å². The minimum Gasteiger partial charge on any atom is -0.475 e. The SMILES string of the molecule is COC(=O)B(N)c1ccccc1.Cl.O.O. The number of ether oxygens (including phenoxy) is 1. The molecule has 0 aliphatic rings. The molecule has 0 fully saturated rings. The molecule has 86 valence electrons. The van der Waals surface area contributed by atoms with Crippen molar-refractivity contribution in [3.05, 3.63) is 30.3 Å². The molecule has 0 saturated heterocycles. The van der Waals surface area contributed by atoms with Crippen molar-refractivity contribution in [1.29, 1.82) is 0 Å². The molecule has 15 heavy (non-hydrogen) atoms. The van der Waals surface area contributed by atoms with E-state index < -0.39 is 12.7 Å². The van der Waals surface area contributed by atoms with Crippen LogP contribution in [0.15, 0.2) is 30.3 Å². The summed E-state index contributed by atoms with van der Waals surface area (Å²) in [7, 11) is 1.32. The topological polar surface area (TPSA) is 115 Å². The zero-order valence-electron chi connectivity index (χ0n) is 8.27. The summed E-state index contributed by atoms with van der Waals surface area (Å²) in [6.45, 7) is -0.670. The van der Waals surface area contributed by atoms with Crippen LogP contribution in [0.25, 0.3) is 0 Å². The van der Waals surface area contributed by atoms with Crippen LogP contribution in [-0.4, -0.2) is 30.8 Å². The number of carbonyl (C=O) groups is 1. The first-order valence-corrected chi connectivity index (χ1v) is 3.64. The molecular weight excluding hydrogens is 220 g/mol. The lowest BCUT2D eigenvalue weighted by Crippen LogP contribution is -2.47. The normalized spacial score (nSPS) is 7.33. The molecule has 0 aliphatic carbocycles. The molecule has 6 N–H and O–H groups in total. The third kappa shape index (κ3) is 5.39. The number of carbonyl (C=O) groups excluding carboxylic acids is 1. The van der Waals surface area contributed by atoms with Gasteiger partial charge in [0.15, 0.2) is 0 Å². The number of halogens is 1.